The van der Waals surface area contributed by atoms with Crippen molar-refractivity contribution >= 4 is 75.3 Å². The SMILES string of the molecule is c1ccc(-c2ccc3c(c2)c2cccc(-c4cccc(-c5cccc(-c6cccc7sc8ccccc8c67)c5)c4)c2n3-c2nc(-c3ccccc3)nc(-c3ccc4c(c3)oc3ccccc34)n2)cc1. The van der Waals surface area contributed by atoms with Gasteiger partial charge >= 0.3 is 0 Å². The summed E-state index contributed by atoms with van der Waals surface area (Å²) in [6.07, 6.45) is 0. The molecule has 0 fully saturated rings. The van der Waals surface area contributed by atoms with Gasteiger partial charge in [0.1, 0.15) is 11.2 Å². The molecule has 4 aromatic heterocycles. The van der Waals surface area contributed by atoms with Crippen molar-refractivity contribution in [3.05, 3.63) is 231 Å². The number of rotatable bonds is 7. The molecular formula is C63H38N4OS. The van der Waals surface area contributed by atoms with E-state index in [0.29, 0.717) is 17.6 Å². The highest BCUT2D eigenvalue weighted by atomic mass is 32.1. The Hall–Kier alpha value is -8.97. The number of para-hydroxylation sites is 2. The van der Waals surface area contributed by atoms with Crippen LogP contribution in [0.15, 0.2) is 235 Å². The molecule has 14 aromatic rings. The summed E-state index contributed by atoms with van der Waals surface area (Å²) < 4.78 is 11.2. The van der Waals surface area contributed by atoms with E-state index in [1.165, 1.54) is 31.3 Å². The zero-order chi connectivity index (χ0) is 45.4. The highest BCUT2D eigenvalue weighted by Crippen LogP contribution is 2.43. The predicted octanol–water partition coefficient (Wildman–Crippen LogP) is 17.2. The third-order valence-electron chi connectivity index (χ3n) is 13.5. The van der Waals surface area contributed by atoms with Crippen LogP contribution in [0.4, 0.5) is 0 Å². The van der Waals surface area contributed by atoms with Gasteiger partial charge in [0.2, 0.25) is 5.95 Å². The fourth-order valence-electron chi connectivity index (χ4n) is 10.2. The molecule has 0 atom stereocenters. The zero-order valence-electron chi connectivity index (χ0n) is 37.0. The van der Waals surface area contributed by atoms with Crippen molar-refractivity contribution in [3.63, 3.8) is 0 Å². The van der Waals surface area contributed by atoms with Crippen LogP contribution in [0.2, 0.25) is 0 Å². The summed E-state index contributed by atoms with van der Waals surface area (Å²) in [6, 6.07) is 81.8. The molecule has 0 amide bonds. The van der Waals surface area contributed by atoms with Crippen LogP contribution < -0.4 is 0 Å². The van der Waals surface area contributed by atoms with E-state index in [1.807, 2.05) is 47.7 Å². The predicted molar refractivity (Wildman–Crippen MR) is 287 cm³/mol. The molecule has 0 saturated carbocycles. The molecule has 0 aliphatic rings. The highest BCUT2D eigenvalue weighted by Gasteiger charge is 2.22. The molecule has 10 aromatic carbocycles. The molecule has 0 radical (unpaired) electrons. The zero-order valence-corrected chi connectivity index (χ0v) is 37.9. The van der Waals surface area contributed by atoms with Crippen LogP contribution in [0.5, 0.6) is 0 Å². The fourth-order valence-corrected chi connectivity index (χ4v) is 11.4. The number of benzene rings is 10. The maximum Gasteiger partial charge on any atom is 0.238 e. The van der Waals surface area contributed by atoms with Crippen LogP contribution in [0.1, 0.15) is 0 Å². The van der Waals surface area contributed by atoms with Gasteiger partial charge in [-0.15, -0.1) is 11.3 Å². The molecule has 4 heterocycles. The summed E-state index contributed by atoms with van der Waals surface area (Å²) >= 11 is 1.85. The van der Waals surface area contributed by atoms with Crippen molar-refractivity contribution in [2.45, 2.75) is 0 Å². The van der Waals surface area contributed by atoms with E-state index in [1.54, 1.807) is 0 Å². The van der Waals surface area contributed by atoms with Gasteiger partial charge < -0.3 is 4.42 Å². The van der Waals surface area contributed by atoms with E-state index in [4.69, 9.17) is 19.4 Å². The average molecular weight is 899 g/mol. The largest absolute Gasteiger partial charge is 0.456 e. The summed E-state index contributed by atoms with van der Waals surface area (Å²) in [7, 11) is 0. The molecule has 69 heavy (non-hydrogen) atoms. The smallest absolute Gasteiger partial charge is 0.238 e. The minimum Gasteiger partial charge on any atom is -0.456 e. The van der Waals surface area contributed by atoms with E-state index >= 15 is 0 Å². The topological polar surface area (TPSA) is 56.7 Å². The van der Waals surface area contributed by atoms with Crippen molar-refractivity contribution in [2.75, 3.05) is 0 Å². The van der Waals surface area contributed by atoms with Gasteiger partial charge in [0, 0.05) is 58.4 Å². The van der Waals surface area contributed by atoms with Crippen molar-refractivity contribution < 1.29 is 4.42 Å². The maximum atomic E-state index is 6.38. The number of hydrogen-bond acceptors (Lipinski definition) is 5. The molecule has 0 unspecified atom stereocenters. The Morgan fingerprint density at radius 3 is 1.71 bits per heavy atom. The van der Waals surface area contributed by atoms with Gasteiger partial charge in [-0.3, -0.25) is 4.57 Å². The Kier molecular flexibility index (Phi) is 9.00. The van der Waals surface area contributed by atoms with Crippen molar-refractivity contribution in [1.29, 1.82) is 0 Å². The average Bonchev–Trinajstić information content (AvgIpc) is 4.11. The lowest BCUT2D eigenvalue weighted by molar-refractivity contribution is 0.669. The van der Waals surface area contributed by atoms with Crippen molar-refractivity contribution in [1.82, 2.24) is 19.5 Å². The Labute approximate surface area is 400 Å². The van der Waals surface area contributed by atoms with Crippen LogP contribution in [-0.2, 0) is 0 Å². The van der Waals surface area contributed by atoms with Gasteiger partial charge in [0.15, 0.2) is 11.6 Å². The monoisotopic (exact) mass is 898 g/mol. The number of hydrogen-bond donors (Lipinski definition) is 0. The van der Waals surface area contributed by atoms with Crippen LogP contribution in [0.3, 0.4) is 0 Å². The first kappa shape index (κ1) is 39.2. The third kappa shape index (κ3) is 6.56. The summed E-state index contributed by atoms with van der Waals surface area (Å²) in [6.45, 7) is 0. The lowest BCUT2D eigenvalue weighted by Gasteiger charge is -2.14. The summed E-state index contributed by atoms with van der Waals surface area (Å²) in [5.74, 6) is 1.67. The molecule has 0 spiro atoms. The van der Waals surface area contributed by atoms with Crippen molar-refractivity contribution in [3.8, 4) is 73.2 Å². The normalized spacial score (nSPS) is 11.8. The van der Waals surface area contributed by atoms with E-state index < -0.39 is 0 Å². The number of aromatic nitrogens is 4. The summed E-state index contributed by atoms with van der Waals surface area (Å²) in [4.78, 5) is 15.9. The van der Waals surface area contributed by atoms with E-state index in [9.17, 15) is 0 Å². The molecular weight excluding hydrogens is 861 g/mol. The molecule has 0 aliphatic heterocycles. The van der Waals surface area contributed by atoms with E-state index in [-0.39, 0.29) is 0 Å². The van der Waals surface area contributed by atoms with Crippen molar-refractivity contribution in [2.24, 2.45) is 0 Å². The number of fused-ring (bicyclic) bond motifs is 9. The van der Waals surface area contributed by atoms with Gasteiger partial charge in [-0.2, -0.15) is 9.97 Å². The maximum absolute atomic E-state index is 6.38. The number of thiophene rings is 1. The number of nitrogens with zero attached hydrogens (tertiary/aromatic N) is 4. The van der Waals surface area contributed by atoms with Gasteiger partial charge in [-0.25, -0.2) is 4.98 Å². The third-order valence-corrected chi connectivity index (χ3v) is 14.6. The first-order chi connectivity index (χ1) is 34.2. The van der Waals surface area contributed by atoms with E-state index in [2.05, 4.69) is 199 Å². The summed E-state index contributed by atoms with van der Waals surface area (Å²) in [5, 5.41) is 6.96. The second-order valence-corrected chi connectivity index (χ2v) is 18.6. The lowest BCUT2D eigenvalue weighted by Crippen LogP contribution is -2.07. The number of furan rings is 1. The molecule has 5 nitrogen and oxygen atoms in total. The molecule has 0 saturated heterocycles. The second-order valence-electron chi connectivity index (χ2n) is 17.5. The summed E-state index contributed by atoms with van der Waals surface area (Å²) in [5.41, 5.74) is 14.6. The second kappa shape index (κ2) is 15.8. The van der Waals surface area contributed by atoms with Gasteiger partial charge in [-0.1, -0.05) is 176 Å². The lowest BCUT2D eigenvalue weighted by atomic mass is 9.94. The first-order valence-electron chi connectivity index (χ1n) is 23.2. The minimum absolute atomic E-state index is 0.530. The van der Waals surface area contributed by atoms with Gasteiger partial charge in [0.05, 0.1) is 11.0 Å². The quantitative estimate of drug-likeness (QED) is 0.160. The molecule has 6 heteroatoms. The standard InChI is InChI=1S/C63H38N4OS/c1-3-15-39(16-4-1)43-32-34-54-53(37-43)51-27-13-26-48(45-22-12-20-42(36-45)41-19-11-21-44(35-41)47-25-14-30-58-59(47)52-24-8-10-29-57(52)69-58)60(51)67(54)63-65-61(40-17-5-2-6-18-40)64-62(66-63)46-31-33-50-49-23-7-9-28-55(49)68-56(50)38-46/h1-38H. The van der Waals surface area contributed by atoms with Gasteiger partial charge in [-0.05, 0) is 93.5 Å². The fraction of sp³-hybridized carbons (Fsp3) is 0. The van der Waals surface area contributed by atoms with Crippen LogP contribution in [0.25, 0.3) is 137 Å². The molecule has 322 valence electrons. The van der Waals surface area contributed by atoms with Crippen LogP contribution in [-0.4, -0.2) is 19.5 Å². The molecule has 14 rings (SSSR count). The van der Waals surface area contributed by atoms with Gasteiger partial charge in [0.25, 0.3) is 0 Å². The Morgan fingerprint density at radius 2 is 0.899 bits per heavy atom. The highest BCUT2D eigenvalue weighted by molar-refractivity contribution is 7.25. The van der Waals surface area contributed by atoms with E-state index in [0.717, 1.165) is 88.3 Å². The molecule has 0 aliphatic carbocycles. The Bertz CT molecular complexity index is 4320. The molecule has 0 N–H and O–H groups in total. The van der Waals surface area contributed by atoms with Crippen LogP contribution >= 0.6 is 11.3 Å². The minimum atomic E-state index is 0.530. The molecule has 0 bridgehead atoms. The first-order valence-corrected chi connectivity index (χ1v) is 24.0. The Balaban J connectivity index is 0.977. The Morgan fingerprint density at radius 1 is 0.333 bits per heavy atom. The van der Waals surface area contributed by atoms with Crippen LogP contribution in [0, 0.1) is 0 Å².